The monoisotopic (exact) mass is 255 g/mol. The predicted octanol–water partition coefficient (Wildman–Crippen LogP) is 3.89. The van der Waals surface area contributed by atoms with Gasteiger partial charge in [0.05, 0.1) is 14.2 Å². The Morgan fingerprint density at radius 2 is 1.58 bits per heavy atom. The van der Waals surface area contributed by atoms with Gasteiger partial charge in [0.25, 0.3) is 0 Å². The molecule has 0 atom stereocenters. The van der Waals surface area contributed by atoms with Gasteiger partial charge in [-0.2, -0.15) is 0 Å². The van der Waals surface area contributed by atoms with E-state index in [0.29, 0.717) is 0 Å². The molecule has 2 nitrogen and oxygen atoms in total. The normalized spacial score (nSPS) is 10.5. The van der Waals surface area contributed by atoms with Crippen molar-refractivity contribution in [1.82, 2.24) is 0 Å². The molecule has 0 heterocycles. The third-order valence-corrected chi connectivity index (χ3v) is 3.18. The lowest BCUT2D eigenvalue weighted by molar-refractivity contribution is 0.354. The Morgan fingerprint density at radius 3 is 2.21 bits per heavy atom. The topological polar surface area (TPSA) is 18.5 Å². The molecule has 0 saturated carbocycles. The Bertz CT molecular complexity index is 520. The number of ether oxygens (including phenoxy) is 2. The van der Waals surface area contributed by atoms with Gasteiger partial charge in [-0.15, -0.1) is 0 Å². The van der Waals surface area contributed by atoms with E-state index in [2.05, 4.69) is 37.3 Å². The molecule has 0 aliphatic heterocycles. The first-order valence-corrected chi connectivity index (χ1v) is 6.33. The summed E-state index contributed by atoms with van der Waals surface area (Å²) in [5.74, 6) is 2.89. The lowest BCUT2D eigenvalue weighted by atomic mass is 9.94. The van der Waals surface area contributed by atoms with E-state index in [0.717, 1.165) is 17.9 Å². The summed E-state index contributed by atoms with van der Waals surface area (Å²) in [4.78, 5) is 0. The van der Waals surface area contributed by atoms with Gasteiger partial charge in [0.2, 0.25) is 0 Å². The maximum atomic E-state index is 5.33. The fourth-order valence-electron chi connectivity index (χ4n) is 2.12. The highest BCUT2D eigenvalue weighted by Gasteiger charge is 2.09. The van der Waals surface area contributed by atoms with Gasteiger partial charge in [-0.05, 0) is 29.7 Å². The third kappa shape index (κ3) is 3.28. The van der Waals surface area contributed by atoms with Crippen molar-refractivity contribution in [2.75, 3.05) is 14.2 Å². The summed E-state index contributed by atoms with van der Waals surface area (Å²) < 4.78 is 10.6. The molecule has 0 N–H and O–H groups in total. The van der Waals surface area contributed by atoms with E-state index in [4.69, 9.17) is 9.47 Å². The summed E-state index contributed by atoms with van der Waals surface area (Å²) in [6.07, 6.45) is 0.907. The Balaban J connectivity index is 2.15. The molecular formula is C17H19O2. The van der Waals surface area contributed by atoms with Gasteiger partial charge in [0.15, 0.2) is 11.5 Å². The molecular weight excluding hydrogens is 236 g/mol. The van der Waals surface area contributed by atoms with E-state index < -0.39 is 0 Å². The number of hydrogen-bond donors (Lipinski definition) is 0. The summed E-state index contributed by atoms with van der Waals surface area (Å²) in [5.41, 5.74) is 2.50. The average molecular weight is 255 g/mol. The van der Waals surface area contributed by atoms with Crippen LogP contribution in [0.25, 0.3) is 0 Å². The molecule has 0 bridgehead atoms. The van der Waals surface area contributed by atoms with Crippen LogP contribution < -0.4 is 9.47 Å². The highest BCUT2D eigenvalue weighted by molar-refractivity contribution is 5.44. The van der Waals surface area contributed by atoms with Crippen LogP contribution in [0.4, 0.5) is 0 Å². The zero-order valence-corrected chi connectivity index (χ0v) is 11.6. The summed E-state index contributed by atoms with van der Waals surface area (Å²) in [7, 11) is 3.31. The fourth-order valence-corrected chi connectivity index (χ4v) is 2.12. The van der Waals surface area contributed by atoms with Crippen molar-refractivity contribution in [1.29, 1.82) is 0 Å². The van der Waals surface area contributed by atoms with Gasteiger partial charge in [0, 0.05) is 5.92 Å². The second kappa shape index (κ2) is 6.28. The lowest BCUT2D eigenvalue weighted by Gasteiger charge is -2.13. The molecule has 2 heteroatoms. The zero-order chi connectivity index (χ0) is 13.7. The van der Waals surface area contributed by atoms with Crippen LogP contribution >= 0.6 is 0 Å². The first-order chi connectivity index (χ1) is 9.24. The van der Waals surface area contributed by atoms with Crippen molar-refractivity contribution in [3.8, 4) is 11.5 Å². The average Bonchev–Trinajstić information content (AvgIpc) is 2.48. The SMILES string of the molecule is COc1ccc(C[C](C)c2ccccc2)cc1OC. The third-order valence-electron chi connectivity index (χ3n) is 3.18. The summed E-state index contributed by atoms with van der Waals surface area (Å²) in [5, 5.41) is 0. The van der Waals surface area contributed by atoms with Crippen LogP contribution in [0.15, 0.2) is 48.5 Å². The van der Waals surface area contributed by atoms with E-state index in [1.54, 1.807) is 14.2 Å². The molecule has 0 aliphatic rings. The van der Waals surface area contributed by atoms with Crippen LogP contribution in [0.5, 0.6) is 11.5 Å². The van der Waals surface area contributed by atoms with Gasteiger partial charge >= 0.3 is 0 Å². The van der Waals surface area contributed by atoms with Crippen molar-refractivity contribution in [3.05, 3.63) is 65.6 Å². The van der Waals surface area contributed by atoms with Gasteiger partial charge in [0.1, 0.15) is 0 Å². The molecule has 19 heavy (non-hydrogen) atoms. The Hall–Kier alpha value is -1.96. The van der Waals surface area contributed by atoms with Crippen LogP contribution in [0.3, 0.4) is 0 Å². The first-order valence-electron chi connectivity index (χ1n) is 6.33. The molecule has 2 rings (SSSR count). The van der Waals surface area contributed by atoms with E-state index in [9.17, 15) is 0 Å². The van der Waals surface area contributed by atoms with Gasteiger partial charge < -0.3 is 9.47 Å². The van der Waals surface area contributed by atoms with Gasteiger partial charge in [-0.1, -0.05) is 43.3 Å². The van der Waals surface area contributed by atoms with Gasteiger partial charge in [-0.3, -0.25) is 0 Å². The van der Waals surface area contributed by atoms with Crippen molar-refractivity contribution < 1.29 is 9.47 Å². The summed E-state index contributed by atoms with van der Waals surface area (Å²) in [6, 6.07) is 16.5. The largest absolute Gasteiger partial charge is 0.493 e. The highest BCUT2D eigenvalue weighted by Crippen LogP contribution is 2.29. The molecule has 0 aliphatic carbocycles. The quantitative estimate of drug-likeness (QED) is 0.807. The zero-order valence-electron chi connectivity index (χ0n) is 11.6. The number of benzene rings is 2. The molecule has 0 saturated heterocycles. The fraction of sp³-hybridized carbons (Fsp3) is 0.235. The molecule has 0 unspecified atom stereocenters. The summed E-state index contributed by atoms with van der Waals surface area (Å²) >= 11 is 0. The van der Waals surface area contributed by atoms with Crippen molar-refractivity contribution in [2.45, 2.75) is 13.3 Å². The smallest absolute Gasteiger partial charge is 0.160 e. The highest BCUT2D eigenvalue weighted by atomic mass is 16.5. The Kier molecular flexibility index (Phi) is 4.45. The predicted molar refractivity (Wildman–Crippen MR) is 77.7 cm³/mol. The molecule has 99 valence electrons. The van der Waals surface area contributed by atoms with Crippen LogP contribution in [0.1, 0.15) is 18.1 Å². The maximum absolute atomic E-state index is 5.33. The molecule has 1 radical (unpaired) electrons. The van der Waals surface area contributed by atoms with Crippen molar-refractivity contribution in [3.63, 3.8) is 0 Å². The second-order valence-electron chi connectivity index (χ2n) is 4.51. The molecule has 2 aromatic carbocycles. The number of hydrogen-bond acceptors (Lipinski definition) is 2. The summed E-state index contributed by atoms with van der Waals surface area (Å²) in [6.45, 7) is 2.16. The van der Waals surface area contributed by atoms with E-state index in [1.165, 1.54) is 17.0 Å². The molecule has 0 fully saturated rings. The first kappa shape index (κ1) is 13.5. The molecule has 0 amide bonds. The second-order valence-corrected chi connectivity index (χ2v) is 4.51. The van der Waals surface area contributed by atoms with Crippen LogP contribution in [-0.2, 0) is 6.42 Å². The Morgan fingerprint density at radius 1 is 0.895 bits per heavy atom. The van der Waals surface area contributed by atoms with E-state index in [-0.39, 0.29) is 0 Å². The lowest BCUT2D eigenvalue weighted by Crippen LogP contribution is -2.00. The minimum Gasteiger partial charge on any atom is -0.493 e. The molecule has 0 spiro atoms. The van der Waals surface area contributed by atoms with Gasteiger partial charge in [-0.25, -0.2) is 0 Å². The van der Waals surface area contributed by atoms with Crippen molar-refractivity contribution in [2.24, 2.45) is 0 Å². The van der Waals surface area contributed by atoms with Crippen LogP contribution in [0.2, 0.25) is 0 Å². The maximum Gasteiger partial charge on any atom is 0.160 e. The standard InChI is InChI=1S/C17H19O2/c1-13(15-7-5-4-6-8-15)11-14-9-10-16(18-2)17(12-14)19-3/h4-10,12H,11H2,1-3H3. The minimum absolute atomic E-state index is 0.767. The number of methoxy groups -OCH3 is 2. The minimum atomic E-state index is 0.767. The van der Waals surface area contributed by atoms with Crippen LogP contribution in [0, 0.1) is 5.92 Å². The van der Waals surface area contributed by atoms with Crippen molar-refractivity contribution >= 4 is 0 Å². The van der Waals surface area contributed by atoms with E-state index in [1.807, 2.05) is 18.2 Å². The van der Waals surface area contributed by atoms with E-state index >= 15 is 0 Å². The molecule has 2 aromatic rings. The Labute approximate surface area is 115 Å². The number of rotatable bonds is 5. The molecule has 0 aromatic heterocycles. The van der Waals surface area contributed by atoms with Crippen LogP contribution in [-0.4, -0.2) is 14.2 Å².